The van der Waals surface area contributed by atoms with E-state index in [9.17, 15) is 4.79 Å². The van der Waals surface area contributed by atoms with Gasteiger partial charge >= 0.3 is 0 Å². The Kier molecular flexibility index (Phi) is 4.58. The molecule has 1 amide bonds. The molecule has 0 saturated heterocycles. The van der Waals surface area contributed by atoms with Crippen molar-refractivity contribution in [3.8, 4) is 0 Å². The van der Waals surface area contributed by atoms with E-state index in [0.29, 0.717) is 6.54 Å². The zero-order valence-electron chi connectivity index (χ0n) is 11.6. The molecule has 0 bridgehead atoms. The summed E-state index contributed by atoms with van der Waals surface area (Å²) in [5.74, 6) is 0.0559. The van der Waals surface area contributed by atoms with E-state index in [0.717, 1.165) is 19.4 Å². The molecule has 19 heavy (non-hydrogen) atoms. The molecule has 0 aliphatic carbocycles. The van der Waals surface area contributed by atoms with Crippen LogP contribution >= 0.6 is 0 Å². The Bertz CT molecular complexity index is 560. The van der Waals surface area contributed by atoms with Crippen LogP contribution in [0.2, 0.25) is 0 Å². The predicted molar refractivity (Wildman–Crippen MR) is 78.2 cm³/mol. The number of carbonyl (C=O) groups is 1. The molecule has 0 radical (unpaired) electrons. The molecule has 2 N–H and O–H groups in total. The van der Waals surface area contributed by atoms with Crippen molar-refractivity contribution in [1.82, 2.24) is 15.2 Å². The van der Waals surface area contributed by atoms with Gasteiger partial charge in [0.25, 0.3) is 0 Å². The van der Waals surface area contributed by atoms with Gasteiger partial charge in [0, 0.05) is 30.7 Å². The lowest BCUT2D eigenvalue weighted by Gasteiger charge is -2.04. The Labute approximate surface area is 113 Å². The van der Waals surface area contributed by atoms with Crippen molar-refractivity contribution in [3.63, 3.8) is 0 Å². The van der Waals surface area contributed by atoms with E-state index in [2.05, 4.69) is 52.7 Å². The van der Waals surface area contributed by atoms with Gasteiger partial charge in [0.1, 0.15) is 0 Å². The van der Waals surface area contributed by atoms with Gasteiger partial charge in [-0.05, 0) is 31.5 Å². The van der Waals surface area contributed by atoms with Crippen LogP contribution in [-0.4, -0.2) is 30.6 Å². The lowest BCUT2D eigenvalue weighted by Crippen LogP contribution is -2.32. The van der Waals surface area contributed by atoms with Crippen LogP contribution in [0.5, 0.6) is 0 Å². The Hall–Kier alpha value is -1.81. The fourth-order valence-corrected chi connectivity index (χ4v) is 2.35. The summed E-state index contributed by atoms with van der Waals surface area (Å²) >= 11 is 0. The molecule has 2 aromatic rings. The molecule has 0 spiro atoms. The summed E-state index contributed by atoms with van der Waals surface area (Å²) < 4.78 is 2.16. The summed E-state index contributed by atoms with van der Waals surface area (Å²) in [5.41, 5.74) is 2.61. The molecule has 4 nitrogen and oxygen atoms in total. The highest BCUT2D eigenvalue weighted by molar-refractivity contribution is 5.83. The zero-order valence-corrected chi connectivity index (χ0v) is 11.6. The van der Waals surface area contributed by atoms with Crippen molar-refractivity contribution in [2.75, 3.05) is 20.1 Å². The Balaban J connectivity index is 1.90. The molecule has 1 aromatic carbocycles. The molecule has 0 unspecified atom stereocenters. The van der Waals surface area contributed by atoms with E-state index < -0.39 is 0 Å². The van der Waals surface area contributed by atoms with Crippen LogP contribution in [0.1, 0.15) is 12.0 Å². The highest BCUT2D eigenvalue weighted by Gasteiger charge is 2.05. The summed E-state index contributed by atoms with van der Waals surface area (Å²) in [5, 5.41) is 7.05. The van der Waals surface area contributed by atoms with E-state index in [1.807, 2.05) is 0 Å². The number of nitrogens with one attached hydrogen (secondary N) is 2. The number of aryl methyl sites for hydroxylation is 2. The third-order valence-electron chi connectivity index (χ3n) is 3.26. The molecular weight excluding hydrogens is 238 g/mol. The van der Waals surface area contributed by atoms with E-state index in [-0.39, 0.29) is 5.91 Å². The maximum absolute atomic E-state index is 11.3. The fraction of sp³-hybridized carbons (Fsp3) is 0.400. The number of benzene rings is 1. The van der Waals surface area contributed by atoms with Gasteiger partial charge in [0.05, 0.1) is 6.54 Å². The van der Waals surface area contributed by atoms with Crippen molar-refractivity contribution in [1.29, 1.82) is 0 Å². The van der Waals surface area contributed by atoms with E-state index >= 15 is 0 Å². The number of para-hydroxylation sites is 1. The minimum atomic E-state index is 0.0559. The van der Waals surface area contributed by atoms with Crippen molar-refractivity contribution in [2.45, 2.75) is 12.8 Å². The molecule has 1 heterocycles. The molecule has 0 saturated carbocycles. The van der Waals surface area contributed by atoms with Crippen molar-refractivity contribution in [3.05, 3.63) is 36.0 Å². The van der Waals surface area contributed by atoms with Crippen LogP contribution in [0, 0.1) is 0 Å². The molecule has 0 fully saturated rings. The molecular formula is C15H21N3O. The SMILES string of the molecule is CNCC(=O)NCCCc1cn(C)c2ccccc12. The predicted octanol–water partition coefficient (Wildman–Crippen LogP) is 1.45. The van der Waals surface area contributed by atoms with E-state index in [1.165, 1.54) is 16.5 Å². The lowest BCUT2D eigenvalue weighted by molar-refractivity contribution is -0.120. The molecule has 102 valence electrons. The Morgan fingerprint density at radius 3 is 2.89 bits per heavy atom. The first-order valence-corrected chi connectivity index (χ1v) is 6.66. The van der Waals surface area contributed by atoms with Gasteiger partial charge in [0.2, 0.25) is 5.91 Å². The number of hydrogen-bond donors (Lipinski definition) is 2. The highest BCUT2D eigenvalue weighted by Crippen LogP contribution is 2.21. The number of rotatable bonds is 6. The maximum atomic E-state index is 11.3. The second kappa shape index (κ2) is 6.38. The second-order valence-electron chi connectivity index (χ2n) is 4.77. The van der Waals surface area contributed by atoms with Crippen LogP contribution in [0.25, 0.3) is 10.9 Å². The Morgan fingerprint density at radius 1 is 1.32 bits per heavy atom. The number of carbonyl (C=O) groups excluding carboxylic acids is 1. The minimum absolute atomic E-state index is 0.0559. The van der Waals surface area contributed by atoms with Crippen LogP contribution in [0.3, 0.4) is 0 Å². The van der Waals surface area contributed by atoms with Gasteiger partial charge in [-0.1, -0.05) is 18.2 Å². The second-order valence-corrected chi connectivity index (χ2v) is 4.77. The minimum Gasteiger partial charge on any atom is -0.355 e. The molecule has 1 aromatic heterocycles. The Morgan fingerprint density at radius 2 is 2.11 bits per heavy atom. The number of amides is 1. The first-order chi connectivity index (χ1) is 9.22. The number of likely N-dealkylation sites (N-methyl/N-ethyl adjacent to an activating group) is 1. The van der Waals surface area contributed by atoms with Gasteiger partial charge < -0.3 is 15.2 Å². The van der Waals surface area contributed by atoms with Gasteiger partial charge in [-0.25, -0.2) is 0 Å². The molecule has 2 rings (SSSR count). The largest absolute Gasteiger partial charge is 0.355 e. The molecule has 4 heteroatoms. The van der Waals surface area contributed by atoms with Gasteiger partial charge in [0.15, 0.2) is 0 Å². The first kappa shape index (κ1) is 13.6. The quantitative estimate of drug-likeness (QED) is 0.771. The normalized spacial score (nSPS) is 10.8. The topological polar surface area (TPSA) is 46.1 Å². The highest BCUT2D eigenvalue weighted by atomic mass is 16.1. The fourth-order valence-electron chi connectivity index (χ4n) is 2.35. The summed E-state index contributed by atoms with van der Waals surface area (Å²) in [6.45, 7) is 1.11. The van der Waals surface area contributed by atoms with E-state index in [4.69, 9.17) is 0 Å². The van der Waals surface area contributed by atoms with Crippen LogP contribution in [0.4, 0.5) is 0 Å². The van der Waals surface area contributed by atoms with Gasteiger partial charge in [-0.2, -0.15) is 0 Å². The van der Waals surface area contributed by atoms with Crippen LogP contribution in [0.15, 0.2) is 30.5 Å². The number of hydrogen-bond acceptors (Lipinski definition) is 2. The molecule has 0 aliphatic rings. The van der Waals surface area contributed by atoms with Crippen LogP contribution < -0.4 is 10.6 Å². The summed E-state index contributed by atoms with van der Waals surface area (Å²) in [7, 11) is 3.84. The molecule has 0 aliphatic heterocycles. The molecule has 0 atom stereocenters. The first-order valence-electron chi connectivity index (χ1n) is 6.66. The van der Waals surface area contributed by atoms with Gasteiger partial charge in [-0.15, -0.1) is 0 Å². The standard InChI is InChI=1S/C15H21N3O/c1-16-10-15(19)17-9-5-6-12-11-18(2)14-8-4-3-7-13(12)14/h3-4,7-8,11,16H,5-6,9-10H2,1-2H3,(H,17,19). The third kappa shape index (κ3) is 3.35. The summed E-state index contributed by atoms with van der Waals surface area (Å²) in [6, 6.07) is 8.42. The van der Waals surface area contributed by atoms with E-state index in [1.54, 1.807) is 7.05 Å². The summed E-state index contributed by atoms with van der Waals surface area (Å²) in [4.78, 5) is 11.3. The monoisotopic (exact) mass is 259 g/mol. The van der Waals surface area contributed by atoms with Crippen molar-refractivity contribution in [2.24, 2.45) is 7.05 Å². The lowest BCUT2D eigenvalue weighted by atomic mass is 10.1. The van der Waals surface area contributed by atoms with Gasteiger partial charge in [-0.3, -0.25) is 4.79 Å². The average molecular weight is 259 g/mol. The number of aromatic nitrogens is 1. The third-order valence-corrected chi connectivity index (χ3v) is 3.26. The maximum Gasteiger partial charge on any atom is 0.233 e. The van der Waals surface area contributed by atoms with Crippen LogP contribution in [-0.2, 0) is 18.3 Å². The number of nitrogens with zero attached hydrogens (tertiary/aromatic N) is 1. The smallest absolute Gasteiger partial charge is 0.233 e. The summed E-state index contributed by atoms with van der Waals surface area (Å²) in [6.07, 6.45) is 4.13. The van der Waals surface area contributed by atoms with Crippen molar-refractivity contribution >= 4 is 16.8 Å². The van der Waals surface area contributed by atoms with Crippen molar-refractivity contribution < 1.29 is 4.79 Å². The zero-order chi connectivity index (χ0) is 13.7. The number of fused-ring (bicyclic) bond motifs is 1. The average Bonchev–Trinajstić information content (AvgIpc) is 2.73.